The van der Waals surface area contributed by atoms with Crippen LogP contribution < -0.4 is 0 Å². The molecular formula is C11H11NO5S. The maximum Gasteiger partial charge on any atom is 0.337 e. The number of hydrogen-bond donors (Lipinski definition) is 1. The van der Waals surface area contributed by atoms with E-state index in [1.807, 2.05) is 0 Å². The molecule has 0 radical (unpaired) electrons. The molecular weight excluding hydrogens is 258 g/mol. The van der Waals surface area contributed by atoms with E-state index in [1.54, 1.807) is 13.8 Å². The number of nitrogens with zero attached hydrogens (tertiary/aromatic N) is 1. The molecule has 0 bridgehead atoms. The van der Waals surface area contributed by atoms with E-state index in [0.717, 1.165) is 12.1 Å². The topological polar surface area (TPSA) is 101 Å². The van der Waals surface area contributed by atoms with Gasteiger partial charge in [-0.3, -0.25) is 0 Å². The Morgan fingerprint density at radius 3 is 2.44 bits per heavy atom. The average Bonchev–Trinajstić information content (AvgIpc) is 2.27. The summed E-state index contributed by atoms with van der Waals surface area (Å²) >= 11 is 0. The standard InChI is InChI=1S/C11H11NO5S/c1-7(2)8-4-3-5-9(11(14)15)10(8)18(16,17)12-6-13/h3-5,7H,1-2H3,(H,14,15). The monoisotopic (exact) mass is 269 g/mol. The van der Waals surface area contributed by atoms with E-state index in [1.165, 1.54) is 12.1 Å². The number of carbonyl (C=O) groups is 1. The number of carbonyl (C=O) groups excluding carboxylic acids is 1. The second-order valence-corrected chi connectivity index (χ2v) is 5.38. The van der Waals surface area contributed by atoms with Crippen molar-refractivity contribution in [1.82, 2.24) is 0 Å². The molecule has 0 aliphatic heterocycles. The fraction of sp³-hybridized carbons (Fsp3) is 0.273. The Labute approximate surface area is 104 Å². The van der Waals surface area contributed by atoms with Crippen LogP contribution in [0.25, 0.3) is 0 Å². The highest BCUT2D eigenvalue weighted by atomic mass is 32.2. The first-order chi connectivity index (χ1) is 8.31. The number of carboxylic acids is 1. The maximum absolute atomic E-state index is 11.8. The first-order valence-electron chi connectivity index (χ1n) is 5.01. The van der Waals surface area contributed by atoms with Crippen molar-refractivity contribution in [3.05, 3.63) is 29.3 Å². The van der Waals surface area contributed by atoms with Gasteiger partial charge in [0.15, 0.2) is 0 Å². The van der Waals surface area contributed by atoms with Crippen molar-refractivity contribution < 1.29 is 23.1 Å². The van der Waals surface area contributed by atoms with Gasteiger partial charge in [0.05, 0.1) is 5.56 Å². The highest BCUT2D eigenvalue weighted by molar-refractivity contribution is 7.90. The predicted molar refractivity (Wildman–Crippen MR) is 62.8 cm³/mol. The minimum Gasteiger partial charge on any atom is -0.478 e. The molecule has 6 nitrogen and oxygen atoms in total. The first kappa shape index (κ1) is 14.1. The van der Waals surface area contributed by atoms with Crippen LogP contribution in [0.5, 0.6) is 0 Å². The van der Waals surface area contributed by atoms with Crippen LogP contribution >= 0.6 is 0 Å². The van der Waals surface area contributed by atoms with E-state index in [0.29, 0.717) is 5.56 Å². The summed E-state index contributed by atoms with van der Waals surface area (Å²) < 4.78 is 26.3. The van der Waals surface area contributed by atoms with Crippen LogP contribution in [0, 0.1) is 0 Å². The van der Waals surface area contributed by atoms with Gasteiger partial charge in [0.1, 0.15) is 4.90 Å². The lowest BCUT2D eigenvalue weighted by Crippen LogP contribution is -2.11. The van der Waals surface area contributed by atoms with E-state index in [9.17, 15) is 18.0 Å². The lowest BCUT2D eigenvalue weighted by atomic mass is 10.0. The second-order valence-electron chi connectivity index (χ2n) is 3.84. The normalized spacial score (nSPS) is 11.1. The second kappa shape index (κ2) is 5.12. The minimum atomic E-state index is -4.34. The molecule has 96 valence electrons. The van der Waals surface area contributed by atoms with Crippen LogP contribution in [0.1, 0.15) is 35.7 Å². The lowest BCUT2D eigenvalue weighted by molar-refractivity contribution is 0.0692. The van der Waals surface area contributed by atoms with Gasteiger partial charge in [0.2, 0.25) is 0 Å². The van der Waals surface area contributed by atoms with Gasteiger partial charge in [-0.15, -0.1) is 0 Å². The molecule has 0 amide bonds. The van der Waals surface area contributed by atoms with E-state index in [2.05, 4.69) is 4.40 Å². The molecule has 0 spiro atoms. The van der Waals surface area contributed by atoms with Crippen LogP contribution in [0.2, 0.25) is 0 Å². The third-order valence-corrected chi connectivity index (χ3v) is 3.60. The average molecular weight is 269 g/mol. The van der Waals surface area contributed by atoms with Gasteiger partial charge in [-0.2, -0.15) is 8.42 Å². The Kier molecular flexibility index (Phi) is 4.00. The molecule has 0 saturated carbocycles. The van der Waals surface area contributed by atoms with Crippen LogP contribution in [0.3, 0.4) is 0 Å². The van der Waals surface area contributed by atoms with Crippen molar-refractivity contribution in [3.8, 4) is 0 Å². The predicted octanol–water partition coefficient (Wildman–Crippen LogP) is 1.53. The van der Waals surface area contributed by atoms with E-state index >= 15 is 0 Å². The Morgan fingerprint density at radius 1 is 1.39 bits per heavy atom. The molecule has 1 N–H and O–H groups in total. The van der Waals surface area contributed by atoms with Crippen LogP contribution in [0.15, 0.2) is 27.5 Å². The first-order valence-corrected chi connectivity index (χ1v) is 6.45. The summed E-state index contributed by atoms with van der Waals surface area (Å²) in [5.41, 5.74) is -0.103. The zero-order valence-electron chi connectivity index (χ0n) is 9.75. The maximum atomic E-state index is 11.8. The highest BCUT2D eigenvalue weighted by Gasteiger charge is 2.26. The third-order valence-electron chi connectivity index (χ3n) is 2.31. The largest absolute Gasteiger partial charge is 0.478 e. The van der Waals surface area contributed by atoms with Crippen LogP contribution in [-0.4, -0.2) is 25.6 Å². The Balaban J connectivity index is 3.77. The summed E-state index contributed by atoms with van der Waals surface area (Å²) in [6.45, 7) is 3.43. The molecule has 7 heteroatoms. The molecule has 18 heavy (non-hydrogen) atoms. The van der Waals surface area contributed by atoms with Gasteiger partial charge in [0, 0.05) is 0 Å². The molecule has 0 aliphatic carbocycles. The zero-order chi connectivity index (χ0) is 13.9. The molecule has 1 aromatic rings. The molecule has 0 fully saturated rings. The molecule has 1 rings (SSSR count). The van der Waals surface area contributed by atoms with Crippen molar-refractivity contribution in [2.45, 2.75) is 24.7 Å². The van der Waals surface area contributed by atoms with E-state index in [4.69, 9.17) is 5.11 Å². The number of hydrogen-bond acceptors (Lipinski definition) is 4. The minimum absolute atomic E-state index is 0.226. The molecule has 0 aliphatic rings. The van der Waals surface area contributed by atoms with Gasteiger partial charge in [-0.1, -0.05) is 30.4 Å². The van der Waals surface area contributed by atoms with Gasteiger partial charge in [-0.25, -0.2) is 9.59 Å². The lowest BCUT2D eigenvalue weighted by Gasteiger charge is -2.12. The van der Waals surface area contributed by atoms with Crippen LogP contribution in [0.4, 0.5) is 0 Å². The molecule has 0 saturated heterocycles. The number of carboxylic acid groups (broad SMARTS) is 1. The number of sulfonamides is 1. The molecule has 1 aromatic carbocycles. The summed E-state index contributed by atoms with van der Waals surface area (Å²) in [4.78, 5) is 20.7. The zero-order valence-corrected chi connectivity index (χ0v) is 10.6. The fourth-order valence-electron chi connectivity index (χ4n) is 1.56. The summed E-state index contributed by atoms with van der Waals surface area (Å²) in [6.07, 6.45) is 0.933. The number of rotatable bonds is 4. The van der Waals surface area contributed by atoms with Gasteiger partial charge >= 0.3 is 5.97 Å². The fourth-order valence-corrected chi connectivity index (χ4v) is 2.78. The molecule has 0 atom stereocenters. The SMILES string of the molecule is CC(C)c1cccc(C(=O)O)c1S(=O)(=O)N=C=O. The van der Waals surface area contributed by atoms with Crippen molar-refractivity contribution in [3.63, 3.8) is 0 Å². The van der Waals surface area contributed by atoms with Gasteiger partial charge in [-0.05, 0) is 17.5 Å². The summed E-state index contributed by atoms with van der Waals surface area (Å²) in [5.74, 6) is -1.62. The Hall–Kier alpha value is -1.98. The molecule has 0 unspecified atom stereocenters. The number of benzene rings is 1. The summed E-state index contributed by atoms with van der Waals surface area (Å²) in [6, 6.07) is 4.09. The van der Waals surface area contributed by atoms with Crippen molar-refractivity contribution in [1.29, 1.82) is 0 Å². The van der Waals surface area contributed by atoms with Crippen molar-refractivity contribution >= 4 is 22.1 Å². The highest BCUT2D eigenvalue weighted by Crippen LogP contribution is 2.28. The van der Waals surface area contributed by atoms with Crippen molar-refractivity contribution in [2.24, 2.45) is 4.40 Å². The summed E-state index contributed by atoms with van der Waals surface area (Å²) in [7, 11) is -4.34. The van der Waals surface area contributed by atoms with Gasteiger partial charge in [0.25, 0.3) is 16.1 Å². The summed E-state index contributed by atoms with van der Waals surface area (Å²) in [5, 5.41) is 9.00. The van der Waals surface area contributed by atoms with E-state index in [-0.39, 0.29) is 5.92 Å². The Bertz CT molecular complexity index is 627. The molecule has 0 heterocycles. The smallest absolute Gasteiger partial charge is 0.337 e. The third kappa shape index (κ3) is 2.64. The number of aromatic carboxylic acids is 1. The van der Waals surface area contributed by atoms with Crippen LogP contribution in [-0.2, 0) is 14.8 Å². The van der Waals surface area contributed by atoms with Gasteiger partial charge < -0.3 is 5.11 Å². The Morgan fingerprint density at radius 2 is 2.00 bits per heavy atom. The number of isocyanates is 1. The van der Waals surface area contributed by atoms with Crippen molar-refractivity contribution in [2.75, 3.05) is 0 Å². The van der Waals surface area contributed by atoms with E-state index < -0.39 is 26.5 Å². The molecule has 0 aromatic heterocycles. The quantitative estimate of drug-likeness (QED) is 0.659.